The van der Waals surface area contributed by atoms with E-state index in [1.165, 1.54) is 11.1 Å². The molecule has 1 unspecified atom stereocenters. The van der Waals surface area contributed by atoms with Crippen LogP contribution in [0.3, 0.4) is 0 Å². The molecule has 0 amide bonds. The van der Waals surface area contributed by atoms with Crippen LogP contribution >= 0.6 is 11.6 Å². The molecule has 1 aromatic rings. The summed E-state index contributed by atoms with van der Waals surface area (Å²) in [6, 6.07) is 8.55. The number of alkyl halides is 1. The van der Waals surface area contributed by atoms with Crippen molar-refractivity contribution < 1.29 is 4.74 Å². The molecular weight excluding hydrogens is 222 g/mol. The van der Waals surface area contributed by atoms with E-state index in [1.807, 2.05) is 0 Å². The normalized spacial score (nSPS) is 19.4. The molecule has 2 rings (SSSR count). The third kappa shape index (κ3) is 2.97. The number of fused-ring (bicyclic) bond motifs is 1. The SMILES string of the molecule is ClCCCNCC1OCCc2ccccc21. The fraction of sp³-hybridized carbons (Fsp3) is 0.538. The maximum Gasteiger partial charge on any atom is 0.0952 e. The minimum absolute atomic E-state index is 0.209. The summed E-state index contributed by atoms with van der Waals surface area (Å²) < 4.78 is 5.79. The second-order valence-electron chi connectivity index (χ2n) is 4.05. The molecule has 2 nitrogen and oxygen atoms in total. The Hall–Kier alpha value is -0.570. The molecule has 1 N–H and O–H groups in total. The van der Waals surface area contributed by atoms with Crippen molar-refractivity contribution in [1.82, 2.24) is 5.32 Å². The largest absolute Gasteiger partial charge is 0.372 e. The Kier molecular flexibility index (Phi) is 4.64. The molecule has 0 radical (unpaired) electrons. The molecule has 1 heterocycles. The predicted octanol–water partition coefficient (Wildman–Crippen LogP) is 2.52. The van der Waals surface area contributed by atoms with Gasteiger partial charge in [0.05, 0.1) is 12.7 Å². The molecule has 0 aromatic heterocycles. The Morgan fingerprint density at radius 1 is 1.38 bits per heavy atom. The van der Waals surface area contributed by atoms with Crippen LogP contribution in [0.1, 0.15) is 23.7 Å². The van der Waals surface area contributed by atoms with Gasteiger partial charge >= 0.3 is 0 Å². The van der Waals surface area contributed by atoms with Crippen molar-refractivity contribution in [3.8, 4) is 0 Å². The van der Waals surface area contributed by atoms with E-state index in [-0.39, 0.29) is 6.10 Å². The van der Waals surface area contributed by atoms with E-state index in [4.69, 9.17) is 16.3 Å². The minimum Gasteiger partial charge on any atom is -0.372 e. The second kappa shape index (κ2) is 6.24. The van der Waals surface area contributed by atoms with Gasteiger partial charge < -0.3 is 10.1 Å². The lowest BCUT2D eigenvalue weighted by molar-refractivity contribution is 0.0427. The van der Waals surface area contributed by atoms with Crippen LogP contribution in [0.4, 0.5) is 0 Å². The summed E-state index contributed by atoms with van der Waals surface area (Å²) in [7, 11) is 0. The highest BCUT2D eigenvalue weighted by atomic mass is 35.5. The summed E-state index contributed by atoms with van der Waals surface area (Å²) in [5.74, 6) is 0.717. The molecule has 0 saturated carbocycles. The van der Waals surface area contributed by atoms with E-state index in [2.05, 4.69) is 29.6 Å². The summed E-state index contributed by atoms with van der Waals surface area (Å²) in [5, 5.41) is 3.39. The van der Waals surface area contributed by atoms with E-state index < -0.39 is 0 Å². The fourth-order valence-electron chi connectivity index (χ4n) is 2.07. The van der Waals surface area contributed by atoms with Gasteiger partial charge in [0.1, 0.15) is 0 Å². The van der Waals surface area contributed by atoms with Crippen molar-refractivity contribution in [3.63, 3.8) is 0 Å². The van der Waals surface area contributed by atoms with Crippen LogP contribution in [0.25, 0.3) is 0 Å². The summed E-state index contributed by atoms with van der Waals surface area (Å²) in [4.78, 5) is 0. The number of benzene rings is 1. The van der Waals surface area contributed by atoms with Gasteiger partial charge in [-0.3, -0.25) is 0 Å². The topological polar surface area (TPSA) is 21.3 Å². The third-order valence-corrected chi connectivity index (χ3v) is 3.18. The van der Waals surface area contributed by atoms with Crippen LogP contribution in [0.5, 0.6) is 0 Å². The van der Waals surface area contributed by atoms with Gasteiger partial charge in [-0.2, -0.15) is 0 Å². The molecule has 1 aliphatic heterocycles. The average molecular weight is 240 g/mol. The van der Waals surface area contributed by atoms with Gasteiger partial charge in [0, 0.05) is 12.4 Å². The molecule has 3 heteroatoms. The van der Waals surface area contributed by atoms with Crippen LogP contribution in [-0.4, -0.2) is 25.6 Å². The average Bonchev–Trinajstić information content (AvgIpc) is 2.35. The second-order valence-corrected chi connectivity index (χ2v) is 4.43. The van der Waals surface area contributed by atoms with Crippen LogP contribution < -0.4 is 5.32 Å². The van der Waals surface area contributed by atoms with Gasteiger partial charge in [-0.05, 0) is 30.5 Å². The molecule has 0 aliphatic carbocycles. The summed E-state index contributed by atoms with van der Waals surface area (Å²) in [6.45, 7) is 2.68. The Morgan fingerprint density at radius 2 is 2.25 bits per heavy atom. The summed E-state index contributed by atoms with van der Waals surface area (Å²) in [5.41, 5.74) is 2.77. The minimum atomic E-state index is 0.209. The number of hydrogen-bond acceptors (Lipinski definition) is 2. The first kappa shape index (κ1) is 11.9. The highest BCUT2D eigenvalue weighted by molar-refractivity contribution is 6.17. The number of nitrogens with one attached hydrogen (secondary N) is 1. The lowest BCUT2D eigenvalue weighted by Crippen LogP contribution is -2.28. The summed E-state index contributed by atoms with van der Waals surface area (Å²) >= 11 is 5.63. The van der Waals surface area contributed by atoms with Crippen molar-refractivity contribution >= 4 is 11.6 Å². The molecular formula is C13H18ClNO. The first-order valence-electron chi connectivity index (χ1n) is 5.88. The number of ether oxygens (including phenoxy) is 1. The van der Waals surface area contributed by atoms with Crippen LogP contribution in [-0.2, 0) is 11.2 Å². The quantitative estimate of drug-likeness (QED) is 0.630. The predicted molar refractivity (Wildman–Crippen MR) is 67.0 cm³/mol. The first-order chi connectivity index (χ1) is 7.92. The van der Waals surface area contributed by atoms with Crippen molar-refractivity contribution in [1.29, 1.82) is 0 Å². The van der Waals surface area contributed by atoms with Crippen molar-refractivity contribution in [2.45, 2.75) is 18.9 Å². The van der Waals surface area contributed by atoms with Gasteiger partial charge in [0.2, 0.25) is 0 Å². The number of hydrogen-bond donors (Lipinski definition) is 1. The van der Waals surface area contributed by atoms with Crippen LogP contribution in [0, 0.1) is 0 Å². The van der Waals surface area contributed by atoms with E-state index in [0.717, 1.165) is 38.4 Å². The van der Waals surface area contributed by atoms with Crippen molar-refractivity contribution in [3.05, 3.63) is 35.4 Å². The number of rotatable bonds is 5. The van der Waals surface area contributed by atoms with Gasteiger partial charge in [-0.15, -0.1) is 11.6 Å². The highest BCUT2D eigenvalue weighted by Crippen LogP contribution is 2.25. The molecule has 0 spiro atoms. The Bertz CT molecular complexity index is 329. The molecule has 88 valence electrons. The van der Waals surface area contributed by atoms with E-state index >= 15 is 0 Å². The Balaban J connectivity index is 1.91. The van der Waals surface area contributed by atoms with Crippen molar-refractivity contribution in [2.75, 3.05) is 25.6 Å². The maximum absolute atomic E-state index is 5.79. The van der Waals surface area contributed by atoms with E-state index in [9.17, 15) is 0 Å². The molecule has 0 fully saturated rings. The van der Waals surface area contributed by atoms with E-state index in [0.29, 0.717) is 0 Å². The smallest absolute Gasteiger partial charge is 0.0952 e. The molecule has 16 heavy (non-hydrogen) atoms. The molecule has 1 atom stereocenters. The van der Waals surface area contributed by atoms with Gasteiger partial charge in [-0.1, -0.05) is 24.3 Å². The Morgan fingerprint density at radius 3 is 3.12 bits per heavy atom. The molecule has 0 bridgehead atoms. The van der Waals surface area contributed by atoms with Gasteiger partial charge in [0.15, 0.2) is 0 Å². The van der Waals surface area contributed by atoms with Crippen LogP contribution in [0.2, 0.25) is 0 Å². The zero-order valence-corrected chi connectivity index (χ0v) is 10.2. The molecule has 0 saturated heterocycles. The van der Waals surface area contributed by atoms with Gasteiger partial charge in [0.25, 0.3) is 0 Å². The van der Waals surface area contributed by atoms with Crippen molar-refractivity contribution in [2.24, 2.45) is 0 Å². The Labute approximate surface area is 102 Å². The zero-order valence-electron chi connectivity index (χ0n) is 9.42. The molecule has 1 aliphatic rings. The van der Waals surface area contributed by atoms with Crippen LogP contribution in [0.15, 0.2) is 24.3 Å². The number of halogens is 1. The lowest BCUT2D eigenvalue weighted by Gasteiger charge is -2.26. The summed E-state index contributed by atoms with van der Waals surface area (Å²) in [6.07, 6.45) is 2.25. The lowest BCUT2D eigenvalue weighted by atomic mass is 9.97. The third-order valence-electron chi connectivity index (χ3n) is 2.91. The maximum atomic E-state index is 5.79. The monoisotopic (exact) mass is 239 g/mol. The standard InChI is InChI=1S/C13H18ClNO/c14-7-3-8-15-10-13-12-5-2-1-4-11(12)6-9-16-13/h1-2,4-5,13,15H,3,6-10H2. The highest BCUT2D eigenvalue weighted by Gasteiger charge is 2.19. The van der Waals surface area contributed by atoms with E-state index in [1.54, 1.807) is 0 Å². The zero-order chi connectivity index (χ0) is 11.2. The first-order valence-corrected chi connectivity index (χ1v) is 6.41. The fourth-order valence-corrected chi connectivity index (χ4v) is 2.20. The molecule has 1 aromatic carbocycles. The van der Waals surface area contributed by atoms with Gasteiger partial charge in [-0.25, -0.2) is 0 Å².